The van der Waals surface area contributed by atoms with Crippen molar-refractivity contribution in [2.45, 2.75) is 6.61 Å². The fourth-order valence-corrected chi connectivity index (χ4v) is 2.00. The summed E-state index contributed by atoms with van der Waals surface area (Å²) in [5.41, 5.74) is 0.670. The van der Waals surface area contributed by atoms with Gasteiger partial charge in [-0.2, -0.15) is 0 Å². The van der Waals surface area contributed by atoms with E-state index in [0.29, 0.717) is 15.6 Å². The molecule has 0 saturated carbocycles. The molecule has 0 aliphatic rings. The Kier molecular flexibility index (Phi) is 3.43. The molecular weight excluding hydrogens is 298 g/mol. The fourth-order valence-electron chi connectivity index (χ4n) is 0.724. The highest BCUT2D eigenvalue weighted by Crippen LogP contribution is 2.28. The van der Waals surface area contributed by atoms with Gasteiger partial charge in [0.25, 0.3) is 0 Å². The Morgan fingerprint density at radius 3 is 2.55 bits per heavy atom. The summed E-state index contributed by atoms with van der Waals surface area (Å²) < 4.78 is 0.973. The van der Waals surface area contributed by atoms with E-state index in [2.05, 4.69) is 22.6 Å². The van der Waals surface area contributed by atoms with Crippen molar-refractivity contribution in [2.24, 2.45) is 0 Å². The Morgan fingerprint density at radius 2 is 2.00 bits per heavy atom. The van der Waals surface area contributed by atoms with E-state index in [1.54, 1.807) is 12.1 Å². The van der Waals surface area contributed by atoms with Gasteiger partial charge in [0.1, 0.15) is 0 Å². The summed E-state index contributed by atoms with van der Waals surface area (Å²) in [6.07, 6.45) is 0. The number of aliphatic hydroxyl groups is 1. The van der Waals surface area contributed by atoms with Crippen LogP contribution < -0.4 is 0 Å². The zero-order chi connectivity index (χ0) is 8.43. The molecule has 1 N–H and O–H groups in total. The minimum atomic E-state index is -0.0740. The standard InChI is InChI=1S/C7H5Cl2IO/c8-6-2-5(10)1-4(3-11)7(6)9/h1-2,11H,3H2. The van der Waals surface area contributed by atoms with Gasteiger partial charge in [0, 0.05) is 3.57 Å². The zero-order valence-corrected chi connectivity index (χ0v) is 9.11. The quantitative estimate of drug-likeness (QED) is 0.624. The summed E-state index contributed by atoms with van der Waals surface area (Å²) in [7, 11) is 0. The zero-order valence-electron chi connectivity index (χ0n) is 5.44. The first-order chi connectivity index (χ1) is 5.15. The maximum atomic E-state index is 8.82. The second kappa shape index (κ2) is 3.94. The van der Waals surface area contributed by atoms with Crippen LogP contribution in [-0.2, 0) is 6.61 Å². The molecule has 0 aromatic heterocycles. The molecule has 0 aliphatic heterocycles. The minimum absolute atomic E-state index is 0.0740. The van der Waals surface area contributed by atoms with Crippen molar-refractivity contribution in [3.05, 3.63) is 31.3 Å². The van der Waals surface area contributed by atoms with E-state index in [4.69, 9.17) is 28.3 Å². The van der Waals surface area contributed by atoms with Crippen LogP contribution in [0, 0.1) is 3.57 Å². The fraction of sp³-hybridized carbons (Fsp3) is 0.143. The summed E-state index contributed by atoms with van der Waals surface area (Å²) in [6, 6.07) is 3.55. The van der Waals surface area contributed by atoms with Crippen LogP contribution in [0.15, 0.2) is 12.1 Å². The van der Waals surface area contributed by atoms with Crippen molar-refractivity contribution in [1.82, 2.24) is 0 Å². The molecular formula is C7H5Cl2IO. The van der Waals surface area contributed by atoms with Crippen LogP contribution in [0.25, 0.3) is 0 Å². The second-order valence-corrected chi connectivity index (χ2v) is 4.05. The molecule has 1 nitrogen and oxygen atoms in total. The molecule has 0 bridgehead atoms. The van der Waals surface area contributed by atoms with Gasteiger partial charge in [0.2, 0.25) is 0 Å². The molecule has 1 rings (SSSR count). The third-order valence-electron chi connectivity index (χ3n) is 1.24. The molecule has 0 heterocycles. The normalized spacial score (nSPS) is 10.2. The monoisotopic (exact) mass is 302 g/mol. The van der Waals surface area contributed by atoms with E-state index >= 15 is 0 Å². The number of halogens is 3. The third kappa shape index (κ3) is 2.21. The average molecular weight is 303 g/mol. The van der Waals surface area contributed by atoms with Crippen LogP contribution in [0.1, 0.15) is 5.56 Å². The Bertz CT molecular complexity index is 275. The van der Waals surface area contributed by atoms with Crippen molar-refractivity contribution < 1.29 is 5.11 Å². The predicted molar refractivity (Wildman–Crippen MR) is 55.1 cm³/mol. The third-order valence-corrected chi connectivity index (χ3v) is 2.70. The molecule has 0 unspecified atom stereocenters. The molecule has 0 radical (unpaired) electrons. The van der Waals surface area contributed by atoms with Crippen molar-refractivity contribution in [3.8, 4) is 0 Å². The van der Waals surface area contributed by atoms with Gasteiger partial charge < -0.3 is 5.11 Å². The van der Waals surface area contributed by atoms with E-state index in [1.165, 1.54) is 0 Å². The van der Waals surface area contributed by atoms with Gasteiger partial charge in [0.15, 0.2) is 0 Å². The Labute approximate surface area is 88.5 Å². The lowest BCUT2D eigenvalue weighted by molar-refractivity contribution is 0.282. The maximum Gasteiger partial charge on any atom is 0.0697 e. The van der Waals surface area contributed by atoms with E-state index in [9.17, 15) is 0 Å². The Hall–Kier alpha value is 0.490. The lowest BCUT2D eigenvalue weighted by atomic mass is 10.2. The van der Waals surface area contributed by atoms with Crippen molar-refractivity contribution in [1.29, 1.82) is 0 Å². The first kappa shape index (κ1) is 9.58. The molecule has 0 spiro atoms. The largest absolute Gasteiger partial charge is 0.392 e. The molecule has 0 fully saturated rings. The van der Waals surface area contributed by atoms with Crippen molar-refractivity contribution in [2.75, 3.05) is 0 Å². The summed E-state index contributed by atoms with van der Waals surface area (Å²) in [5.74, 6) is 0. The second-order valence-electron chi connectivity index (χ2n) is 2.02. The van der Waals surface area contributed by atoms with Crippen LogP contribution >= 0.6 is 45.8 Å². The Balaban J connectivity index is 3.24. The van der Waals surface area contributed by atoms with Gasteiger partial charge in [0.05, 0.1) is 16.7 Å². The summed E-state index contributed by atoms with van der Waals surface area (Å²) >= 11 is 13.6. The molecule has 0 amide bonds. The summed E-state index contributed by atoms with van der Waals surface area (Å²) in [5, 5.41) is 9.75. The first-order valence-electron chi connectivity index (χ1n) is 2.89. The van der Waals surface area contributed by atoms with Gasteiger partial charge in [-0.1, -0.05) is 23.2 Å². The van der Waals surface area contributed by atoms with E-state index in [-0.39, 0.29) is 6.61 Å². The highest BCUT2D eigenvalue weighted by molar-refractivity contribution is 14.1. The number of rotatable bonds is 1. The van der Waals surface area contributed by atoms with Gasteiger partial charge in [-0.3, -0.25) is 0 Å². The number of hydrogen-bond acceptors (Lipinski definition) is 1. The van der Waals surface area contributed by atoms with Crippen LogP contribution in [0.3, 0.4) is 0 Å². The number of hydrogen-bond donors (Lipinski definition) is 1. The van der Waals surface area contributed by atoms with E-state index in [0.717, 1.165) is 3.57 Å². The van der Waals surface area contributed by atoms with Gasteiger partial charge >= 0.3 is 0 Å². The summed E-state index contributed by atoms with van der Waals surface area (Å²) in [4.78, 5) is 0. The van der Waals surface area contributed by atoms with Crippen LogP contribution in [0.4, 0.5) is 0 Å². The molecule has 4 heteroatoms. The topological polar surface area (TPSA) is 20.2 Å². The van der Waals surface area contributed by atoms with Gasteiger partial charge in [-0.05, 0) is 40.3 Å². The SMILES string of the molecule is OCc1cc(I)cc(Cl)c1Cl. The van der Waals surface area contributed by atoms with Crippen LogP contribution in [0.2, 0.25) is 10.0 Å². The molecule has 0 saturated heterocycles. The highest BCUT2D eigenvalue weighted by atomic mass is 127. The maximum absolute atomic E-state index is 8.82. The molecule has 0 aliphatic carbocycles. The molecule has 11 heavy (non-hydrogen) atoms. The molecule has 60 valence electrons. The number of aliphatic hydroxyl groups excluding tert-OH is 1. The minimum Gasteiger partial charge on any atom is -0.392 e. The molecule has 1 aromatic rings. The lowest BCUT2D eigenvalue weighted by Gasteiger charge is -2.02. The van der Waals surface area contributed by atoms with E-state index in [1.807, 2.05) is 0 Å². The average Bonchev–Trinajstić information content (AvgIpc) is 1.96. The predicted octanol–water partition coefficient (Wildman–Crippen LogP) is 3.09. The summed E-state index contributed by atoms with van der Waals surface area (Å²) in [6.45, 7) is -0.0740. The van der Waals surface area contributed by atoms with Crippen molar-refractivity contribution in [3.63, 3.8) is 0 Å². The first-order valence-corrected chi connectivity index (χ1v) is 4.73. The molecule has 0 atom stereocenters. The van der Waals surface area contributed by atoms with Crippen LogP contribution in [-0.4, -0.2) is 5.11 Å². The van der Waals surface area contributed by atoms with Gasteiger partial charge in [-0.15, -0.1) is 0 Å². The lowest BCUT2D eigenvalue weighted by Crippen LogP contribution is -1.86. The van der Waals surface area contributed by atoms with Gasteiger partial charge in [-0.25, -0.2) is 0 Å². The smallest absolute Gasteiger partial charge is 0.0697 e. The highest BCUT2D eigenvalue weighted by Gasteiger charge is 2.04. The Morgan fingerprint density at radius 1 is 1.36 bits per heavy atom. The van der Waals surface area contributed by atoms with E-state index < -0.39 is 0 Å². The van der Waals surface area contributed by atoms with Crippen molar-refractivity contribution >= 4 is 45.8 Å². The molecule has 1 aromatic carbocycles. The van der Waals surface area contributed by atoms with Crippen LogP contribution in [0.5, 0.6) is 0 Å². The number of benzene rings is 1.